The lowest BCUT2D eigenvalue weighted by molar-refractivity contribution is -0.00374. The van der Waals surface area contributed by atoms with E-state index < -0.39 is 5.92 Å². The predicted octanol–water partition coefficient (Wildman–Crippen LogP) is 3.38. The van der Waals surface area contributed by atoms with E-state index >= 15 is 0 Å². The maximum absolute atomic E-state index is 13.5. The van der Waals surface area contributed by atoms with Crippen LogP contribution < -0.4 is 0 Å². The molecule has 0 saturated carbocycles. The molecule has 0 spiro atoms. The minimum Gasteiger partial charge on any atom is -0.507 e. The Kier molecular flexibility index (Phi) is 2.41. The number of aryl methyl sites for hydroxylation is 1. The summed E-state index contributed by atoms with van der Waals surface area (Å²) in [6, 6.07) is 3.15. The fourth-order valence-corrected chi connectivity index (χ4v) is 2.28. The standard InChI is InChI=1S/C12H14F2O/c1-2-3-8-4-5-10(15)11-9(8)6-7-12(11,13)14/h4-5,15H,2-3,6-7H2,1H3. The molecule has 0 atom stereocenters. The van der Waals surface area contributed by atoms with E-state index in [9.17, 15) is 13.9 Å². The number of rotatable bonds is 2. The zero-order chi connectivity index (χ0) is 11.1. The zero-order valence-electron chi connectivity index (χ0n) is 8.69. The smallest absolute Gasteiger partial charge is 0.277 e. The summed E-state index contributed by atoms with van der Waals surface area (Å²) in [5, 5.41) is 9.48. The highest BCUT2D eigenvalue weighted by molar-refractivity contribution is 5.50. The SMILES string of the molecule is CCCc1ccc(O)c2c1CCC2(F)F. The fourth-order valence-electron chi connectivity index (χ4n) is 2.28. The first-order valence-corrected chi connectivity index (χ1v) is 5.28. The second-order valence-corrected chi connectivity index (χ2v) is 4.05. The molecule has 2 rings (SSSR count). The van der Waals surface area contributed by atoms with E-state index in [1.165, 1.54) is 6.07 Å². The molecule has 1 aromatic rings. The molecule has 1 N–H and O–H groups in total. The molecule has 0 amide bonds. The van der Waals surface area contributed by atoms with Gasteiger partial charge in [0.25, 0.3) is 5.92 Å². The molecule has 0 aromatic heterocycles. The summed E-state index contributed by atoms with van der Waals surface area (Å²) in [5.74, 6) is -3.10. The molecular formula is C12H14F2O. The number of hydrogen-bond donors (Lipinski definition) is 1. The average molecular weight is 212 g/mol. The van der Waals surface area contributed by atoms with Crippen LogP contribution in [0.2, 0.25) is 0 Å². The molecule has 3 heteroatoms. The van der Waals surface area contributed by atoms with Crippen LogP contribution in [0.15, 0.2) is 12.1 Å². The van der Waals surface area contributed by atoms with Gasteiger partial charge in [-0.25, -0.2) is 8.78 Å². The Morgan fingerprint density at radius 3 is 2.80 bits per heavy atom. The third-order valence-corrected chi connectivity index (χ3v) is 2.96. The van der Waals surface area contributed by atoms with Crippen molar-refractivity contribution in [2.24, 2.45) is 0 Å². The second kappa shape index (κ2) is 3.47. The molecule has 0 unspecified atom stereocenters. The molecule has 1 aliphatic rings. The van der Waals surface area contributed by atoms with E-state index in [1.807, 2.05) is 6.92 Å². The van der Waals surface area contributed by atoms with Crippen molar-refractivity contribution < 1.29 is 13.9 Å². The number of benzene rings is 1. The molecule has 0 radical (unpaired) electrons. The van der Waals surface area contributed by atoms with Gasteiger partial charge in [-0.15, -0.1) is 0 Å². The van der Waals surface area contributed by atoms with Gasteiger partial charge in [-0.2, -0.15) is 0 Å². The second-order valence-electron chi connectivity index (χ2n) is 4.05. The van der Waals surface area contributed by atoms with Crippen LogP contribution in [0.4, 0.5) is 8.78 Å². The Hall–Kier alpha value is -1.12. The molecule has 82 valence electrons. The van der Waals surface area contributed by atoms with Crippen LogP contribution in [0.5, 0.6) is 5.75 Å². The minimum atomic E-state index is -2.84. The van der Waals surface area contributed by atoms with E-state index in [0.29, 0.717) is 12.0 Å². The number of alkyl halides is 2. The summed E-state index contributed by atoms with van der Waals surface area (Å²) < 4.78 is 26.9. The molecule has 0 bridgehead atoms. The van der Waals surface area contributed by atoms with Crippen molar-refractivity contribution in [2.75, 3.05) is 0 Å². The highest BCUT2D eigenvalue weighted by atomic mass is 19.3. The van der Waals surface area contributed by atoms with Crippen LogP contribution in [0.25, 0.3) is 0 Å². The first-order valence-electron chi connectivity index (χ1n) is 5.28. The van der Waals surface area contributed by atoms with Crippen molar-refractivity contribution in [3.63, 3.8) is 0 Å². The number of hydrogen-bond acceptors (Lipinski definition) is 1. The highest BCUT2D eigenvalue weighted by Crippen LogP contribution is 2.47. The molecule has 1 nitrogen and oxygen atoms in total. The van der Waals surface area contributed by atoms with Gasteiger partial charge in [0.1, 0.15) is 5.75 Å². The maximum atomic E-state index is 13.5. The average Bonchev–Trinajstić information content (AvgIpc) is 2.48. The third kappa shape index (κ3) is 1.60. The van der Waals surface area contributed by atoms with E-state index in [0.717, 1.165) is 18.4 Å². The van der Waals surface area contributed by atoms with E-state index in [4.69, 9.17) is 0 Å². The van der Waals surface area contributed by atoms with Crippen LogP contribution in [0.3, 0.4) is 0 Å². The lowest BCUT2D eigenvalue weighted by Gasteiger charge is -2.13. The molecule has 0 fully saturated rings. The number of phenolic OH excluding ortho intramolecular Hbond substituents is 1. The molecule has 0 heterocycles. The van der Waals surface area contributed by atoms with Gasteiger partial charge < -0.3 is 5.11 Å². The summed E-state index contributed by atoms with van der Waals surface area (Å²) in [6.45, 7) is 2.02. The number of aromatic hydroxyl groups is 1. The quantitative estimate of drug-likeness (QED) is 0.796. The summed E-state index contributed by atoms with van der Waals surface area (Å²) in [6.07, 6.45) is 1.95. The summed E-state index contributed by atoms with van der Waals surface area (Å²) >= 11 is 0. The lowest BCUT2D eigenvalue weighted by Crippen LogP contribution is -2.08. The Morgan fingerprint density at radius 1 is 1.40 bits per heavy atom. The Morgan fingerprint density at radius 2 is 2.13 bits per heavy atom. The van der Waals surface area contributed by atoms with Gasteiger partial charge in [0.05, 0.1) is 5.56 Å². The summed E-state index contributed by atoms with van der Waals surface area (Å²) in [5.41, 5.74) is 1.50. The normalized spacial score (nSPS) is 17.8. The molecule has 15 heavy (non-hydrogen) atoms. The van der Waals surface area contributed by atoms with Crippen LogP contribution in [-0.4, -0.2) is 5.11 Å². The van der Waals surface area contributed by atoms with E-state index in [-0.39, 0.29) is 17.7 Å². The largest absolute Gasteiger partial charge is 0.507 e. The van der Waals surface area contributed by atoms with Crippen molar-refractivity contribution in [2.45, 2.75) is 38.5 Å². The monoisotopic (exact) mass is 212 g/mol. The van der Waals surface area contributed by atoms with Gasteiger partial charge in [-0.3, -0.25) is 0 Å². The molecule has 0 aliphatic heterocycles. The topological polar surface area (TPSA) is 20.2 Å². The molecular weight excluding hydrogens is 198 g/mol. The number of phenols is 1. The third-order valence-electron chi connectivity index (χ3n) is 2.96. The van der Waals surface area contributed by atoms with Gasteiger partial charge in [-0.05, 0) is 30.0 Å². The first kappa shape index (κ1) is 10.4. The Bertz CT molecular complexity index is 385. The van der Waals surface area contributed by atoms with Crippen molar-refractivity contribution >= 4 is 0 Å². The van der Waals surface area contributed by atoms with Crippen molar-refractivity contribution in [1.29, 1.82) is 0 Å². The van der Waals surface area contributed by atoms with Crippen molar-refractivity contribution in [3.8, 4) is 5.75 Å². The van der Waals surface area contributed by atoms with E-state index in [2.05, 4.69) is 0 Å². The molecule has 1 aliphatic carbocycles. The van der Waals surface area contributed by atoms with Gasteiger partial charge >= 0.3 is 0 Å². The van der Waals surface area contributed by atoms with Crippen LogP contribution in [-0.2, 0) is 18.8 Å². The molecule has 0 saturated heterocycles. The van der Waals surface area contributed by atoms with Crippen LogP contribution in [0.1, 0.15) is 36.5 Å². The summed E-state index contributed by atoms with van der Waals surface area (Å²) in [7, 11) is 0. The maximum Gasteiger partial charge on any atom is 0.277 e. The van der Waals surface area contributed by atoms with E-state index in [1.54, 1.807) is 6.07 Å². The predicted molar refractivity (Wildman–Crippen MR) is 54.3 cm³/mol. The first-order chi connectivity index (χ1) is 7.06. The fraction of sp³-hybridized carbons (Fsp3) is 0.500. The minimum absolute atomic E-state index is 0.131. The lowest BCUT2D eigenvalue weighted by atomic mass is 9.98. The van der Waals surface area contributed by atoms with Crippen molar-refractivity contribution in [3.05, 3.63) is 28.8 Å². The number of halogens is 2. The Labute approximate surface area is 87.7 Å². The highest BCUT2D eigenvalue weighted by Gasteiger charge is 2.42. The van der Waals surface area contributed by atoms with Gasteiger partial charge in [0.2, 0.25) is 0 Å². The van der Waals surface area contributed by atoms with Gasteiger partial charge in [0, 0.05) is 6.42 Å². The van der Waals surface area contributed by atoms with Gasteiger partial charge in [0.15, 0.2) is 0 Å². The summed E-state index contributed by atoms with van der Waals surface area (Å²) in [4.78, 5) is 0. The number of fused-ring (bicyclic) bond motifs is 1. The van der Waals surface area contributed by atoms with Gasteiger partial charge in [-0.1, -0.05) is 19.4 Å². The van der Waals surface area contributed by atoms with Crippen LogP contribution in [0, 0.1) is 0 Å². The zero-order valence-corrected chi connectivity index (χ0v) is 8.69. The Balaban J connectivity index is 2.54. The van der Waals surface area contributed by atoms with Crippen LogP contribution >= 0.6 is 0 Å². The molecule has 1 aromatic carbocycles. The van der Waals surface area contributed by atoms with Crippen molar-refractivity contribution in [1.82, 2.24) is 0 Å².